The Labute approximate surface area is 281 Å². The quantitative estimate of drug-likeness (QED) is 0.120. The van der Waals surface area contributed by atoms with Crippen molar-refractivity contribution in [1.29, 1.82) is 0 Å². The maximum atomic E-state index is 7.03. The van der Waals surface area contributed by atoms with Crippen molar-refractivity contribution in [1.82, 2.24) is 8.97 Å². The normalized spacial score (nSPS) is 16.8. The summed E-state index contributed by atoms with van der Waals surface area (Å²) >= 11 is 1.88. The van der Waals surface area contributed by atoms with Crippen molar-refractivity contribution in [3.8, 4) is 17.3 Å². The van der Waals surface area contributed by atoms with Crippen LogP contribution in [0, 0.1) is 0 Å². The highest BCUT2D eigenvalue weighted by Crippen LogP contribution is 2.57. The van der Waals surface area contributed by atoms with Crippen LogP contribution in [0.2, 0.25) is 0 Å². The number of imidazole rings is 1. The fraction of sp³-hybridized carbons (Fsp3) is 0.0233. The smallest absolute Gasteiger partial charge is 0.319 e. The molecule has 6 aromatic carbocycles. The average molecular weight is 643 g/mol. The Bertz CT molecular complexity index is 3440. The van der Waals surface area contributed by atoms with Crippen LogP contribution < -0.4 is 13.9 Å². The van der Waals surface area contributed by atoms with Crippen LogP contribution in [-0.2, 0) is 5.66 Å². The van der Waals surface area contributed by atoms with Gasteiger partial charge in [0.15, 0.2) is 16.6 Å². The lowest BCUT2D eigenvalue weighted by Gasteiger charge is -2.36. The number of fused-ring (bicyclic) bond motifs is 14. The highest BCUT2D eigenvalue weighted by molar-refractivity contribution is 7.25. The monoisotopic (exact) mass is 642 g/mol. The third-order valence-corrected chi connectivity index (χ3v) is 12.8. The molecule has 1 unspecified atom stereocenters. The molecule has 0 fully saturated rings. The van der Waals surface area contributed by atoms with Gasteiger partial charge in [-0.3, -0.25) is 0 Å². The van der Waals surface area contributed by atoms with Crippen LogP contribution in [0.5, 0.6) is 11.5 Å². The van der Waals surface area contributed by atoms with Crippen LogP contribution >= 0.6 is 11.3 Å². The Morgan fingerprint density at radius 2 is 1.35 bits per heavy atom. The lowest BCUT2D eigenvalue weighted by atomic mass is 9.83. The number of rotatable bonds is 0. The van der Waals surface area contributed by atoms with Crippen LogP contribution in [0.1, 0.15) is 11.1 Å². The van der Waals surface area contributed by atoms with Crippen molar-refractivity contribution in [3.05, 3.63) is 145 Å². The van der Waals surface area contributed by atoms with E-state index < -0.39 is 5.66 Å². The molecule has 0 aliphatic carbocycles. The Balaban J connectivity index is 1.31. The van der Waals surface area contributed by atoms with Crippen molar-refractivity contribution in [3.63, 3.8) is 0 Å². The van der Waals surface area contributed by atoms with Crippen molar-refractivity contribution in [2.45, 2.75) is 5.66 Å². The molecule has 0 N–H and O–H groups in total. The standard InChI is InChI=1S/C43H22N4OS/c1-3-11-29-23(9-1)26-17-19-34-40-41(26)46(29)37-15-7-8-20-44(37)43(40)39-33(48-34)18-16-25-27-21-28-24-10-2-6-14-35(24)49-36(28)22-32(27)45-30-12-4-5-13-31(30)47(43)42(45)38(25)39/h1-22H/q+2. The zero-order valence-electron chi connectivity index (χ0n) is 25.8. The fourth-order valence-electron chi connectivity index (χ4n) is 10.0. The molecular weight excluding hydrogens is 621 g/mol. The van der Waals surface area contributed by atoms with Crippen molar-refractivity contribution >= 4 is 91.7 Å². The SMILES string of the molecule is c1cc[n+]2c(c1)-n1c3ccccc3c3ccc4c(c31)C21c2c(ccc3c5cc6c(cc5n5c7ccccc7[n+]1c5c23)sc1ccccc16)O4. The molecule has 3 aliphatic heterocycles. The van der Waals surface area contributed by atoms with E-state index in [9.17, 15) is 0 Å². The first-order chi connectivity index (χ1) is 24.3. The van der Waals surface area contributed by atoms with Gasteiger partial charge in [-0.15, -0.1) is 11.3 Å². The van der Waals surface area contributed by atoms with E-state index in [0.29, 0.717) is 0 Å². The Kier molecular flexibility index (Phi) is 3.70. The second-order valence-corrected chi connectivity index (χ2v) is 14.8. The Hall–Kier alpha value is -6.24. The summed E-state index contributed by atoms with van der Waals surface area (Å²) in [7, 11) is 0. The summed E-state index contributed by atoms with van der Waals surface area (Å²) in [6, 6.07) is 47.1. The molecule has 3 aliphatic rings. The van der Waals surface area contributed by atoms with Crippen molar-refractivity contribution < 1.29 is 13.9 Å². The number of aromatic nitrogens is 4. The molecule has 49 heavy (non-hydrogen) atoms. The van der Waals surface area contributed by atoms with Gasteiger partial charge in [-0.25, -0.2) is 0 Å². The molecule has 11 aromatic rings. The molecule has 6 heteroatoms. The van der Waals surface area contributed by atoms with E-state index in [2.05, 4.69) is 152 Å². The van der Waals surface area contributed by atoms with Gasteiger partial charge in [0.25, 0.3) is 5.82 Å². The Morgan fingerprint density at radius 3 is 2.29 bits per heavy atom. The minimum absolute atomic E-state index is 0.707. The second-order valence-electron chi connectivity index (χ2n) is 13.7. The number of pyridine rings is 2. The largest absolute Gasteiger partial charge is 0.456 e. The zero-order chi connectivity index (χ0) is 31.3. The molecule has 5 nitrogen and oxygen atoms in total. The van der Waals surface area contributed by atoms with E-state index >= 15 is 0 Å². The van der Waals surface area contributed by atoms with E-state index in [1.807, 2.05) is 11.3 Å². The maximum absolute atomic E-state index is 7.03. The van der Waals surface area contributed by atoms with Gasteiger partial charge >= 0.3 is 11.3 Å². The van der Waals surface area contributed by atoms with Gasteiger partial charge in [-0.2, -0.15) is 18.1 Å². The summed E-state index contributed by atoms with van der Waals surface area (Å²) < 4.78 is 19.8. The van der Waals surface area contributed by atoms with Crippen molar-refractivity contribution in [2.24, 2.45) is 0 Å². The molecule has 14 rings (SSSR count). The van der Waals surface area contributed by atoms with E-state index in [1.165, 1.54) is 91.5 Å². The predicted molar refractivity (Wildman–Crippen MR) is 196 cm³/mol. The molecule has 0 saturated carbocycles. The molecule has 224 valence electrons. The lowest BCUT2D eigenvalue weighted by Crippen LogP contribution is -2.75. The molecule has 1 spiro atoms. The number of ether oxygens (including phenoxy) is 1. The molecule has 0 amide bonds. The average Bonchev–Trinajstić information content (AvgIpc) is 3.88. The number of hydrogen-bond donors (Lipinski definition) is 0. The lowest BCUT2D eigenvalue weighted by molar-refractivity contribution is -0.946. The summed E-state index contributed by atoms with van der Waals surface area (Å²) in [6.07, 6.45) is 2.28. The topological polar surface area (TPSA) is 26.3 Å². The number of hydrogen-bond acceptors (Lipinski definition) is 2. The Morgan fingerprint density at radius 1 is 0.571 bits per heavy atom. The van der Waals surface area contributed by atoms with E-state index in [0.717, 1.165) is 17.3 Å². The van der Waals surface area contributed by atoms with Crippen LogP contribution in [0.3, 0.4) is 0 Å². The van der Waals surface area contributed by atoms with Crippen LogP contribution in [-0.4, -0.2) is 8.97 Å². The molecular formula is C43H22N4OS+2. The molecule has 1 atom stereocenters. The number of nitrogens with zero attached hydrogens (tertiary/aromatic N) is 4. The third-order valence-electron chi connectivity index (χ3n) is 11.7. The van der Waals surface area contributed by atoms with Gasteiger partial charge in [0, 0.05) is 53.8 Å². The molecule has 0 radical (unpaired) electrons. The van der Waals surface area contributed by atoms with Crippen LogP contribution in [0.25, 0.3) is 86.2 Å². The maximum Gasteiger partial charge on any atom is 0.319 e. The first-order valence-corrected chi connectivity index (χ1v) is 17.6. The molecule has 8 heterocycles. The van der Waals surface area contributed by atoms with Gasteiger partial charge in [0.1, 0.15) is 33.7 Å². The first kappa shape index (κ1) is 24.0. The van der Waals surface area contributed by atoms with Gasteiger partial charge in [0.05, 0.1) is 11.6 Å². The number of thiophene rings is 1. The summed E-state index contributed by atoms with van der Waals surface area (Å²) in [5.41, 5.74) is 8.97. The molecule has 0 saturated heterocycles. The summed E-state index contributed by atoms with van der Waals surface area (Å²) in [6.45, 7) is 0. The number of benzene rings is 6. The van der Waals surface area contributed by atoms with E-state index in [1.54, 1.807) is 0 Å². The predicted octanol–water partition coefficient (Wildman–Crippen LogP) is 9.47. The summed E-state index contributed by atoms with van der Waals surface area (Å²) in [4.78, 5) is 0. The minimum Gasteiger partial charge on any atom is -0.456 e. The van der Waals surface area contributed by atoms with Crippen LogP contribution in [0.15, 0.2) is 134 Å². The third kappa shape index (κ3) is 2.35. The second kappa shape index (κ2) is 7.57. The van der Waals surface area contributed by atoms with Gasteiger partial charge < -0.3 is 4.74 Å². The fourth-order valence-corrected chi connectivity index (χ4v) is 11.1. The summed E-state index contributed by atoms with van der Waals surface area (Å²) in [5, 5.41) is 8.91. The first-order valence-electron chi connectivity index (χ1n) is 16.8. The molecule has 0 bridgehead atoms. The van der Waals surface area contributed by atoms with Gasteiger partial charge in [0.2, 0.25) is 0 Å². The minimum atomic E-state index is -0.707. The highest BCUT2D eigenvalue weighted by atomic mass is 32.1. The number of para-hydroxylation sites is 3. The molecule has 5 aromatic heterocycles. The zero-order valence-corrected chi connectivity index (χ0v) is 26.6. The van der Waals surface area contributed by atoms with Crippen LogP contribution in [0.4, 0.5) is 0 Å². The van der Waals surface area contributed by atoms with Gasteiger partial charge in [-0.05, 0) is 66.7 Å². The summed E-state index contributed by atoms with van der Waals surface area (Å²) in [5.74, 6) is 2.97. The highest BCUT2D eigenvalue weighted by Gasteiger charge is 2.65. The van der Waals surface area contributed by atoms with Gasteiger partial charge in [-0.1, -0.05) is 48.5 Å². The van der Waals surface area contributed by atoms with E-state index in [-0.39, 0.29) is 0 Å². The van der Waals surface area contributed by atoms with Crippen molar-refractivity contribution in [2.75, 3.05) is 0 Å². The van der Waals surface area contributed by atoms with E-state index in [4.69, 9.17) is 4.74 Å².